The van der Waals surface area contributed by atoms with Crippen molar-refractivity contribution in [1.29, 1.82) is 0 Å². The van der Waals surface area contributed by atoms with E-state index in [2.05, 4.69) is 13.8 Å². The van der Waals surface area contributed by atoms with Crippen molar-refractivity contribution in [2.24, 2.45) is 0 Å². The summed E-state index contributed by atoms with van der Waals surface area (Å²) in [7, 11) is 0. The fraction of sp³-hybridized carbons (Fsp3) is 0.800. The first-order valence-electron chi connectivity index (χ1n) is 7.27. The van der Waals surface area contributed by atoms with Crippen molar-refractivity contribution >= 4 is 11.9 Å². The Morgan fingerprint density at radius 1 is 0.800 bits per heavy atom. The molecule has 2 N–H and O–H groups in total. The molecule has 0 aliphatic heterocycles. The molecule has 0 aliphatic carbocycles. The van der Waals surface area contributed by atoms with Crippen molar-refractivity contribution in [3.63, 3.8) is 0 Å². The van der Waals surface area contributed by atoms with Crippen LogP contribution in [-0.2, 0) is 9.59 Å². The molecule has 0 bridgehead atoms. The van der Waals surface area contributed by atoms with E-state index >= 15 is 0 Å². The first kappa shape index (κ1) is 24.5. The van der Waals surface area contributed by atoms with E-state index in [0.717, 1.165) is 6.42 Å². The summed E-state index contributed by atoms with van der Waals surface area (Å²) in [4.78, 5) is 18.9. The van der Waals surface area contributed by atoms with E-state index in [-0.39, 0.29) is 18.9 Å². The van der Waals surface area contributed by atoms with E-state index in [4.69, 9.17) is 10.2 Å². The first-order valence-corrected chi connectivity index (χ1v) is 7.27. The molecular weight excluding hydrogens is 251 g/mol. The average molecular weight is 280 g/mol. The fourth-order valence-electron chi connectivity index (χ4n) is 1.62. The Bertz CT molecular complexity index is 198. The van der Waals surface area contributed by atoms with Gasteiger partial charge in [-0.3, -0.25) is 9.59 Å². The number of unbranched alkanes of at least 4 members (excludes halogenated alkanes) is 9. The molecule has 0 amide bonds. The SMILES string of the molecule is O=C(O)CC(=O)O.[CH2-]CCCCCCCCCCC.[Li+]. The third-order valence-corrected chi connectivity index (χ3v) is 2.66. The molecule has 0 saturated heterocycles. The van der Waals surface area contributed by atoms with Crippen molar-refractivity contribution in [2.45, 2.75) is 77.6 Å². The molecule has 0 aromatic carbocycles. The molecule has 0 aliphatic rings. The monoisotopic (exact) mass is 280 g/mol. The van der Waals surface area contributed by atoms with Gasteiger partial charge in [0, 0.05) is 0 Å². The first-order chi connectivity index (χ1) is 9.04. The topological polar surface area (TPSA) is 74.6 Å². The smallest absolute Gasteiger partial charge is 0.481 e. The molecule has 0 atom stereocenters. The number of aliphatic carboxylic acids is 2. The minimum atomic E-state index is -1.31. The summed E-state index contributed by atoms with van der Waals surface area (Å²) in [5, 5.41) is 15.4. The quantitative estimate of drug-likeness (QED) is 0.259. The van der Waals surface area contributed by atoms with Gasteiger partial charge in [0.05, 0.1) is 0 Å². The predicted octanol–water partition coefficient (Wildman–Crippen LogP) is 1.29. The Labute approximate surface area is 135 Å². The Hall–Kier alpha value is -0.463. The molecule has 0 unspecified atom stereocenters. The molecule has 0 radical (unpaired) electrons. The maximum atomic E-state index is 9.43. The molecular formula is C15H29LiO4. The number of carboxylic acid groups (broad SMARTS) is 2. The van der Waals surface area contributed by atoms with E-state index in [1.54, 1.807) is 0 Å². The van der Waals surface area contributed by atoms with Gasteiger partial charge in [-0.1, -0.05) is 64.7 Å². The zero-order valence-corrected chi connectivity index (χ0v) is 13.2. The predicted molar refractivity (Wildman–Crippen MR) is 77.1 cm³/mol. The van der Waals surface area contributed by atoms with Crippen LogP contribution in [-0.4, -0.2) is 22.2 Å². The Balaban J connectivity index is -0.000000312. The van der Waals surface area contributed by atoms with Crippen LogP contribution in [0.2, 0.25) is 0 Å². The van der Waals surface area contributed by atoms with Crippen LogP contribution in [0.4, 0.5) is 0 Å². The van der Waals surface area contributed by atoms with Crippen LogP contribution in [0, 0.1) is 6.92 Å². The minimum absolute atomic E-state index is 0. The molecule has 0 aromatic rings. The van der Waals surface area contributed by atoms with Crippen LogP contribution in [0.5, 0.6) is 0 Å². The zero-order chi connectivity index (χ0) is 14.9. The van der Waals surface area contributed by atoms with E-state index < -0.39 is 18.4 Å². The second-order valence-electron chi connectivity index (χ2n) is 4.65. The van der Waals surface area contributed by atoms with Crippen molar-refractivity contribution < 1.29 is 38.7 Å². The van der Waals surface area contributed by atoms with Gasteiger partial charge in [0.1, 0.15) is 6.42 Å². The fourth-order valence-corrected chi connectivity index (χ4v) is 1.62. The molecule has 0 heterocycles. The van der Waals surface area contributed by atoms with Crippen molar-refractivity contribution in [3.8, 4) is 0 Å². The largest absolute Gasteiger partial charge is 1.00 e. The zero-order valence-electron chi connectivity index (χ0n) is 13.2. The standard InChI is InChI=1S/C12H25.C3H4O4.Li/c1-3-5-7-9-11-12-10-8-6-4-2;4-2(5)1-3(6)7;/h1,3-12H2,2H3;1H2,(H,4,5)(H,6,7);/q-1;;+1. The van der Waals surface area contributed by atoms with Crippen molar-refractivity contribution in [2.75, 3.05) is 0 Å². The minimum Gasteiger partial charge on any atom is -0.481 e. The summed E-state index contributed by atoms with van der Waals surface area (Å²) in [6.07, 6.45) is 13.1. The Kier molecular flexibility index (Phi) is 25.6. The Morgan fingerprint density at radius 3 is 1.40 bits per heavy atom. The van der Waals surface area contributed by atoms with Crippen LogP contribution in [0.1, 0.15) is 77.6 Å². The number of carbonyl (C=O) groups is 2. The molecule has 0 rings (SSSR count). The molecule has 5 heteroatoms. The van der Waals surface area contributed by atoms with Gasteiger partial charge in [-0.15, -0.1) is 0 Å². The number of hydrogen-bond acceptors (Lipinski definition) is 2. The molecule has 0 fully saturated rings. The second-order valence-corrected chi connectivity index (χ2v) is 4.65. The average Bonchev–Trinajstić information content (AvgIpc) is 2.32. The van der Waals surface area contributed by atoms with Gasteiger partial charge < -0.3 is 17.1 Å². The van der Waals surface area contributed by atoms with E-state index in [9.17, 15) is 9.59 Å². The molecule has 20 heavy (non-hydrogen) atoms. The van der Waals surface area contributed by atoms with Crippen LogP contribution >= 0.6 is 0 Å². The van der Waals surface area contributed by atoms with Gasteiger partial charge in [-0.25, -0.2) is 0 Å². The van der Waals surface area contributed by atoms with Gasteiger partial charge in [0.15, 0.2) is 0 Å². The number of carboxylic acids is 2. The van der Waals surface area contributed by atoms with E-state index in [1.165, 1.54) is 57.8 Å². The second kappa shape index (κ2) is 20.8. The van der Waals surface area contributed by atoms with Gasteiger partial charge in [-0.2, -0.15) is 6.42 Å². The molecule has 4 nitrogen and oxygen atoms in total. The van der Waals surface area contributed by atoms with Crippen LogP contribution in [0.15, 0.2) is 0 Å². The summed E-state index contributed by atoms with van der Waals surface area (Å²) in [6, 6.07) is 0. The molecule has 0 spiro atoms. The number of hydrogen-bond donors (Lipinski definition) is 2. The van der Waals surface area contributed by atoms with Crippen LogP contribution < -0.4 is 18.9 Å². The van der Waals surface area contributed by atoms with Crippen LogP contribution in [0.25, 0.3) is 0 Å². The summed E-state index contributed by atoms with van der Waals surface area (Å²) in [5.41, 5.74) is 0. The number of rotatable bonds is 11. The van der Waals surface area contributed by atoms with Gasteiger partial charge in [0.2, 0.25) is 0 Å². The molecule has 0 aromatic heterocycles. The van der Waals surface area contributed by atoms with Crippen molar-refractivity contribution in [1.82, 2.24) is 0 Å². The summed E-state index contributed by atoms with van der Waals surface area (Å²) >= 11 is 0. The third kappa shape index (κ3) is 30.5. The third-order valence-electron chi connectivity index (χ3n) is 2.66. The van der Waals surface area contributed by atoms with Gasteiger partial charge >= 0.3 is 30.8 Å². The van der Waals surface area contributed by atoms with Crippen molar-refractivity contribution in [3.05, 3.63) is 6.92 Å². The molecule has 0 saturated carbocycles. The van der Waals surface area contributed by atoms with Gasteiger partial charge in [-0.05, 0) is 0 Å². The summed E-state index contributed by atoms with van der Waals surface area (Å²) in [6.45, 7) is 6.12. The Morgan fingerprint density at radius 2 is 1.15 bits per heavy atom. The maximum Gasteiger partial charge on any atom is 1.00 e. The maximum absolute atomic E-state index is 9.43. The summed E-state index contributed by atoms with van der Waals surface area (Å²) < 4.78 is 0. The van der Waals surface area contributed by atoms with Gasteiger partial charge in [0.25, 0.3) is 0 Å². The normalized spacial score (nSPS) is 9.10. The van der Waals surface area contributed by atoms with E-state index in [1.807, 2.05) is 0 Å². The van der Waals surface area contributed by atoms with Crippen LogP contribution in [0.3, 0.4) is 0 Å². The summed E-state index contributed by atoms with van der Waals surface area (Å²) in [5.74, 6) is -2.62. The molecule has 114 valence electrons. The van der Waals surface area contributed by atoms with E-state index in [0.29, 0.717) is 0 Å².